The van der Waals surface area contributed by atoms with Crippen molar-refractivity contribution in [1.29, 1.82) is 0 Å². The molecule has 2 rings (SSSR count). The summed E-state index contributed by atoms with van der Waals surface area (Å²) in [5.74, 6) is 1.95. The molecule has 0 saturated carbocycles. The predicted molar refractivity (Wildman–Crippen MR) is 78.2 cm³/mol. The van der Waals surface area contributed by atoms with E-state index in [1.54, 1.807) is 6.33 Å². The van der Waals surface area contributed by atoms with Gasteiger partial charge in [-0.05, 0) is 19.8 Å². The lowest BCUT2D eigenvalue weighted by Gasteiger charge is -2.12. The van der Waals surface area contributed by atoms with Crippen LogP contribution in [0.1, 0.15) is 37.4 Å². The quantitative estimate of drug-likeness (QED) is 0.830. The van der Waals surface area contributed by atoms with Gasteiger partial charge in [0.2, 0.25) is 5.95 Å². The van der Waals surface area contributed by atoms with Gasteiger partial charge in [0.25, 0.3) is 0 Å². The van der Waals surface area contributed by atoms with Crippen molar-refractivity contribution in [3.63, 3.8) is 0 Å². The van der Waals surface area contributed by atoms with Gasteiger partial charge in [0.15, 0.2) is 5.82 Å². The molecule has 3 N–H and O–H groups in total. The standard InChI is InChI=1S/C13H21N7/c1-4-6-20-8-16-19-11(20)7-15-12-9(3)10(5-2)17-13(14)18-12/h8H,4-7H2,1-3H3,(H3,14,15,17,18). The Kier molecular flexibility index (Phi) is 4.49. The third-order valence-corrected chi connectivity index (χ3v) is 3.17. The van der Waals surface area contributed by atoms with E-state index in [1.165, 1.54) is 0 Å². The van der Waals surface area contributed by atoms with E-state index in [0.29, 0.717) is 12.5 Å². The molecule has 20 heavy (non-hydrogen) atoms. The number of hydrogen-bond donors (Lipinski definition) is 2. The normalized spacial score (nSPS) is 10.8. The highest BCUT2D eigenvalue weighted by molar-refractivity contribution is 5.48. The summed E-state index contributed by atoms with van der Waals surface area (Å²) in [6, 6.07) is 0. The molecule has 0 bridgehead atoms. The number of aryl methyl sites for hydroxylation is 2. The summed E-state index contributed by atoms with van der Waals surface area (Å²) in [5.41, 5.74) is 7.73. The second kappa shape index (κ2) is 6.31. The zero-order chi connectivity index (χ0) is 14.5. The van der Waals surface area contributed by atoms with E-state index in [4.69, 9.17) is 5.73 Å². The molecule has 0 aliphatic rings. The van der Waals surface area contributed by atoms with E-state index in [2.05, 4.69) is 39.3 Å². The fourth-order valence-corrected chi connectivity index (χ4v) is 2.10. The molecule has 2 aromatic rings. The summed E-state index contributed by atoms with van der Waals surface area (Å²) in [4.78, 5) is 8.49. The molecule has 0 aromatic carbocycles. The number of nitrogens with one attached hydrogen (secondary N) is 1. The Balaban J connectivity index is 2.14. The maximum Gasteiger partial charge on any atom is 0.222 e. The first-order valence-electron chi connectivity index (χ1n) is 6.89. The molecule has 0 unspecified atom stereocenters. The van der Waals surface area contributed by atoms with Crippen molar-refractivity contribution in [2.45, 2.75) is 46.7 Å². The van der Waals surface area contributed by atoms with Crippen LogP contribution in [0.15, 0.2) is 6.33 Å². The number of anilines is 2. The predicted octanol–water partition coefficient (Wildman–Crippen LogP) is 1.54. The zero-order valence-corrected chi connectivity index (χ0v) is 12.2. The fraction of sp³-hybridized carbons (Fsp3) is 0.538. The summed E-state index contributed by atoms with van der Waals surface area (Å²) < 4.78 is 2.04. The van der Waals surface area contributed by atoms with Crippen LogP contribution in [0.25, 0.3) is 0 Å². The lowest BCUT2D eigenvalue weighted by Crippen LogP contribution is -2.12. The van der Waals surface area contributed by atoms with Crippen molar-refractivity contribution in [2.24, 2.45) is 0 Å². The van der Waals surface area contributed by atoms with Crippen LogP contribution >= 0.6 is 0 Å². The van der Waals surface area contributed by atoms with E-state index < -0.39 is 0 Å². The molecule has 0 atom stereocenters. The van der Waals surface area contributed by atoms with Crippen LogP contribution in [-0.2, 0) is 19.5 Å². The maximum atomic E-state index is 5.74. The lowest BCUT2D eigenvalue weighted by molar-refractivity contribution is 0.643. The molecule has 108 valence electrons. The van der Waals surface area contributed by atoms with E-state index >= 15 is 0 Å². The van der Waals surface area contributed by atoms with Crippen molar-refractivity contribution in [1.82, 2.24) is 24.7 Å². The van der Waals surface area contributed by atoms with Gasteiger partial charge >= 0.3 is 0 Å². The minimum atomic E-state index is 0.296. The number of nitrogens with zero attached hydrogens (tertiary/aromatic N) is 5. The number of rotatable bonds is 6. The monoisotopic (exact) mass is 275 g/mol. The molecule has 0 radical (unpaired) electrons. The van der Waals surface area contributed by atoms with Crippen LogP contribution in [0.3, 0.4) is 0 Å². The average molecular weight is 275 g/mol. The van der Waals surface area contributed by atoms with Gasteiger partial charge in [-0.3, -0.25) is 0 Å². The third kappa shape index (κ3) is 3.04. The van der Waals surface area contributed by atoms with Gasteiger partial charge in [0.1, 0.15) is 12.1 Å². The molecule has 0 amide bonds. The summed E-state index contributed by atoms with van der Waals surface area (Å²) in [6.07, 6.45) is 3.63. The number of nitrogen functional groups attached to an aromatic ring is 1. The Hall–Kier alpha value is -2.18. The van der Waals surface area contributed by atoms with Crippen LogP contribution in [0.5, 0.6) is 0 Å². The highest BCUT2D eigenvalue weighted by atomic mass is 15.3. The molecule has 0 saturated heterocycles. The molecule has 0 aliphatic heterocycles. The zero-order valence-electron chi connectivity index (χ0n) is 12.2. The van der Waals surface area contributed by atoms with E-state index in [9.17, 15) is 0 Å². The smallest absolute Gasteiger partial charge is 0.222 e. The summed E-state index contributed by atoms with van der Waals surface area (Å²) in [5, 5.41) is 11.3. The second-order valence-electron chi connectivity index (χ2n) is 4.65. The van der Waals surface area contributed by atoms with Crippen LogP contribution in [-0.4, -0.2) is 24.7 Å². The van der Waals surface area contributed by atoms with Gasteiger partial charge in [-0.1, -0.05) is 13.8 Å². The van der Waals surface area contributed by atoms with Crippen LogP contribution in [0.2, 0.25) is 0 Å². The Morgan fingerprint density at radius 1 is 1.30 bits per heavy atom. The second-order valence-corrected chi connectivity index (χ2v) is 4.65. The van der Waals surface area contributed by atoms with Crippen molar-refractivity contribution in [3.8, 4) is 0 Å². The van der Waals surface area contributed by atoms with E-state index in [1.807, 2.05) is 11.5 Å². The summed E-state index contributed by atoms with van der Waals surface area (Å²) in [6.45, 7) is 7.66. The Bertz CT molecular complexity index is 576. The Labute approximate surface area is 118 Å². The summed E-state index contributed by atoms with van der Waals surface area (Å²) >= 11 is 0. The van der Waals surface area contributed by atoms with Gasteiger partial charge in [0, 0.05) is 12.1 Å². The van der Waals surface area contributed by atoms with Crippen molar-refractivity contribution in [2.75, 3.05) is 11.1 Å². The Morgan fingerprint density at radius 3 is 2.80 bits per heavy atom. The first kappa shape index (κ1) is 14.2. The number of hydrogen-bond acceptors (Lipinski definition) is 6. The molecule has 2 heterocycles. The van der Waals surface area contributed by atoms with Crippen LogP contribution in [0.4, 0.5) is 11.8 Å². The lowest BCUT2D eigenvalue weighted by atomic mass is 10.2. The van der Waals surface area contributed by atoms with Gasteiger partial charge in [-0.25, -0.2) is 4.98 Å². The average Bonchev–Trinajstić information content (AvgIpc) is 2.87. The summed E-state index contributed by atoms with van der Waals surface area (Å²) in [7, 11) is 0. The molecule has 7 nitrogen and oxygen atoms in total. The van der Waals surface area contributed by atoms with Crippen LogP contribution in [0, 0.1) is 6.92 Å². The molecule has 7 heteroatoms. The number of aromatic nitrogens is 5. The Morgan fingerprint density at radius 2 is 2.10 bits per heavy atom. The van der Waals surface area contributed by atoms with Gasteiger partial charge in [-0.15, -0.1) is 10.2 Å². The first-order valence-corrected chi connectivity index (χ1v) is 6.89. The largest absolute Gasteiger partial charge is 0.368 e. The van der Waals surface area contributed by atoms with Gasteiger partial charge < -0.3 is 15.6 Å². The van der Waals surface area contributed by atoms with Crippen molar-refractivity contribution in [3.05, 3.63) is 23.4 Å². The first-order chi connectivity index (χ1) is 9.65. The van der Waals surface area contributed by atoms with E-state index in [-0.39, 0.29) is 0 Å². The van der Waals surface area contributed by atoms with Crippen LogP contribution < -0.4 is 11.1 Å². The van der Waals surface area contributed by atoms with Crippen molar-refractivity contribution >= 4 is 11.8 Å². The molecule has 0 spiro atoms. The van der Waals surface area contributed by atoms with Gasteiger partial charge in [-0.2, -0.15) is 4.98 Å². The fourth-order valence-electron chi connectivity index (χ4n) is 2.10. The minimum Gasteiger partial charge on any atom is -0.368 e. The highest BCUT2D eigenvalue weighted by Crippen LogP contribution is 2.17. The SMILES string of the molecule is CCCn1cnnc1CNc1nc(N)nc(CC)c1C. The van der Waals surface area contributed by atoms with Gasteiger partial charge in [0.05, 0.1) is 12.2 Å². The molecule has 2 aromatic heterocycles. The molecule has 0 fully saturated rings. The number of nitrogens with two attached hydrogens (primary N) is 1. The molecular weight excluding hydrogens is 254 g/mol. The maximum absolute atomic E-state index is 5.74. The van der Waals surface area contributed by atoms with Crippen molar-refractivity contribution < 1.29 is 0 Å². The molecule has 0 aliphatic carbocycles. The minimum absolute atomic E-state index is 0.296. The third-order valence-electron chi connectivity index (χ3n) is 3.17. The highest BCUT2D eigenvalue weighted by Gasteiger charge is 2.09. The topological polar surface area (TPSA) is 94.5 Å². The van der Waals surface area contributed by atoms with E-state index in [0.717, 1.165) is 42.3 Å². The molecular formula is C13H21N7.